The number of pyridine rings is 1. The van der Waals surface area contributed by atoms with Crippen LogP contribution in [0.4, 0.5) is 0 Å². The Morgan fingerprint density at radius 2 is 2.08 bits per heavy atom. The number of aromatic nitrogens is 3. The summed E-state index contributed by atoms with van der Waals surface area (Å²) in [6.45, 7) is 5.24. The zero-order valence-electron chi connectivity index (χ0n) is 14.4. The van der Waals surface area contributed by atoms with Gasteiger partial charge in [0.15, 0.2) is 5.65 Å². The number of nitrogens with zero attached hydrogens (tertiary/aromatic N) is 3. The lowest BCUT2D eigenvalue weighted by Crippen LogP contribution is -2.44. The van der Waals surface area contributed by atoms with Gasteiger partial charge in [0.1, 0.15) is 0 Å². The molecule has 7 nitrogen and oxygen atoms in total. The maximum absolute atomic E-state index is 13.0. The second-order valence-corrected chi connectivity index (χ2v) is 6.81. The van der Waals surface area contributed by atoms with Gasteiger partial charge in [0, 0.05) is 32.4 Å². The zero-order valence-corrected chi connectivity index (χ0v) is 14.4. The third-order valence-electron chi connectivity index (χ3n) is 5.37. The predicted molar refractivity (Wildman–Crippen MR) is 91.0 cm³/mol. The van der Waals surface area contributed by atoms with Crippen molar-refractivity contribution in [2.24, 2.45) is 12.5 Å². The third kappa shape index (κ3) is 2.62. The van der Waals surface area contributed by atoms with Crippen LogP contribution in [0.2, 0.25) is 0 Å². The number of aryl methyl sites for hydroxylation is 2. The number of aliphatic hydroxyl groups excluding tert-OH is 1. The minimum Gasteiger partial charge on any atom is -0.396 e. The molecule has 3 heterocycles. The first-order valence-electron chi connectivity index (χ1n) is 8.37. The van der Waals surface area contributed by atoms with Gasteiger partial charge in [-0.2, -0.15) is 0 Å². The normalized spacial score (nSPS) is 17.4. The number of aromatic amines is 1. The third-order valence-corrected chi connectivity index (χ3v) is 5.37. The van der Waals surface area contributed by atoms with Crippen LogP contribution in [-0.2, 0) is 7.05 Å². The quantitative estimate of drug-likeness (QED) is 0.883. The molecule has 1 fully saturated rings. The SMILES string of the molecule is CCC1(CO)CCN(C(=O)c2cc(C)nc3c2c(=O)[nH]n3C)CC1. The Balaban J connectivity index is 1.94. The molecule has 3 rings (SSSR count). The molecule has 1 aliphatic heterocycles. The van der Waals surface area contributed by atoms with Gasteiger partial charge in [-0.1, -0.05) is 6.92 Å². The summed E-state index contributed by atoms with van der Waals surface area (Å²) in [6.07, 6.45) is 2.47. The summed E-state index contributed by atoms with van der Waals surface area (Å²) in [6, 6.07) is 1.69. The van der Waals surface area contributed by atoms with Crippen molar-refractivity contribution in [2.45, 2.75) is 33.1 Å². The molecule has 1 aliphatic rings. The number of nitrogens with one attached hydrogen (secondary N) is 1. The average Bonchev–Trinajstić information content (AvgIpc) is 2.87. The highest BCUT2D eigenvalue weighted by Gasteiger charge is 2.34. The van der Waals surface area contributed by atoms with E-state index in [1.54, 1.807) is 22.7 Å². The summed E-state index contributed by atoms with van der Waals surface area (Å²) in [4.78, 5) is 31.3. The van der Waals surface area contributed by atoms with Crippen molar-refractivity contribution in [3.63, 3.8) is 0 Å². The predicted octanol–water partition coefficient (Wildman–Crippen LogP) is 1.19. The first-order chi connectivity index (χ1) is 11.4. The number of amides is 1. The molecule has 0 spiro atoms. The Kier molecular flexibility index (Phi) is 4.21. The first-order valence-corrected chi connectivity index (χ1v) is 8.37. The van der Waals surface area contributed by atoms with E-state index in [1.807, 2.05) is 6.92 Å². The number of fused-ring (bicyclic) bond motifs is 1. The van der Waals surface area contributed by atoms with Crippen molar-refractivity contribution in [2.75, 3.05) is 19.7 Å². The molecule has 0 saturated carbocycles. The number of aliphatic hydroxyl groups is 1. The minimum atomic E-state index is -0.293. The van der Waals surface area contributed by atoms with Crippen molar-refractivity contribution in [1.29, 1.82) is 0 Å². The van der Waals surface area contributed by atoms with Crippen molar-refractivity contribution in [3.8, 4) is 0 Å². The van der Waals surface area contributed by atoms with Gasteiger partial charge in [0.25, 0.3) is 11.5 Å². The van der Waals surface area contributed by atoms with E-state index in [9.17, 15) is 14.7 Å². The van der Waals surface area contributed by atoms with Gasteiger partial charge in [-0.15, -0.1) is 0 Å². The monoisotopic (exact) mass is 332 g/mol. The highest BCUT2D eigenvalue weighted by atomic mass is 16.3. The molecule has 0 bridgehead atoms. The Labute approximate surface area is 140 Å². The highest BCUT2D eigenvalue weighted by Crippen LogP contribution is 2.34. The van der Waals surface area contributed by atoms with E-state index in [-0.39, 0.29) is 23.5 Å². The lowest BCUT2D eigenvalue weighted by atomic mass is 9.77. The fourth-order valence-corrected chi connectivity index (χ4v) is 3.53. The summed E-state index contributed by atoms with van der Waals surface area (Å²) in [5, 5.41) is 12.7. The summed E-state index contributed by atoms with van der Waals surface area (Å²) in [5.74, 6) is -0.134. The molecule has 24 heavy (non-hydrogen) atoms. The second kappa shape index (κ2) is 6.05. The van der Waals surface area contributed by atoms with Crippen LogP contribution in [0.3, 0.4) is 0 Å². The fourth-order valence-electron chi connectivity index (χ4n) is 3.53. The Morgan fingerprint density at radius 1 is 1.42 bits per heavy atom. The van der Waals surface area contributed by atoms with E-state index >= 15 is 0 Å². The largest absolute Gasteiger partial charge is 0.396 e. The van der Waals surface area contributed by atoms with Crippen LogP contribution >= 0.6 is 0 Å². The fraction of sp³-hybridized carbons (Fsp3) is 0.588. The number of rotatable bonds is 3. The number of H-pyrrole nitrogens is 1. The number of carbonyl (C=O) groups is 1. The minimum absolute atomic E-state index is 0.0789. The molecule has 0 radical (unpaired) electrons. The molecular formula is C17H24N4O3. The Hall–Kier alpha value is -2.15. The highest BCUT2D eigenvalue weighted by molar-refractivity contribution is 6.05. The molecule has 0 unspecified atom stereocenters. The van der Waals surface area contributed by atoms with Crippen LogP contribution in [0.5, 0.6) is 0 Å². The van der Waals surface area contributed by atoms with Gasteiger partial charge in [0.05, 0.1) is 10.9 Å². The maximum atomic E-state index is 13.0. The van der Waals surface area contributed by atoms with E-state index < -0.39 is 0 Å². The van der Waals surface area contributed by atoms with E-state index in [0.717, 1.165) is 19.3 Å². The van der Waals surface area contributed by atoms with E-state index in [2.05, 4.69) is 17.0 Å². The molecule has 130 valence electrons. The topological polar surface area (TPSA) is 91.2 Å². The molecule has 7 heteroatoms. The maximum Gasteiger partial charge on any atom is 0.274 e. The average molecular weight is 332 g/mol. The Bertz CT molecular complexity index is 822. The number of hydrogen-bond donors (Lipinski definition) is 2. The molecule has 2 aromatic rings. The molecule has 1 amide bonds. The smallest absolute Gasteiger partial charge is 0.274 e. The lowest BCUT2D eigenvalue weighted by Gasteiger charge is -2.40. The van der Waals surface area contributed by atoms with Crippen LogP contribution < -0.4 is 5.56 Å². The van der Waals surface area contributed by atoms with Crippen LogP contribution in [-0.4, -0.2) is 50.4 Å². The standard InChI is InChI=1S/C17H24N4O3/c1-4-17(10-22)5-7-21(8-6-17)16(24)12-9-11(2)18-14-13(12)15(23)19-20(14)3/h9,22H,4-8,10H2,1-3H3,(H,19,23). The lowest BCUT2D eigenvalue weighted by molar-refractivity contribution is 0.0339. The number of piperidine rings is 1. The summed E-state index contributed by atoms with van der Waals surface area (Å²) < 4.78 is 1.55. The molecule has 0 atom stereocenters. The molecule has 2 aromatic heterocycles. The van der Waals surface area contributed by atoms with Gasteiger partial charge >= 0.3 is 0 Å². The zero-order chi connectivity index (χ0) is 17.5. The summed E-state index contributed by atoms with van der Waals surface area (Å²) in [7, 11) is 1.71. The van der Waals surface area contributed by atoms with Crippen molar-refractivity contribution >= 4 is 16.9 Å². The van der Waals surface area contributed by atoms with Gasteiger partial charge < -0.3 is 10.0 Å². The summed E-state index contributed by atoms with van der Waals surface area (Å²) in [5.41, 5.74) is 1.24. The van der Waals surface area contributed by atoms with Gasteiger partial charge in [-0.25, -0.2) is 4.98 Å². The van der Waals surface area contributed by atoms with Crippen LogP contribution in [0.1, 0.15) is 42.2 Å². The Morgan fingerprint density at radius 3 is 2.67 bits per heavy atom. The van der Waals surface area contributed by atoms with Gasteiger partial charge in [-0.05, 0) is 37.7 Å². The van der Waals surface area contributed by atoms with Crippen LogP contribution in [0.15, 0.2) is 10.9 Å². The molecular weight excluding hydrogens is 308 g/mol. The van der Waals surface area contributed by atoms with Crippen molar-refractivity contribution < 1.29 is 9.90 Å². The second-order valence-electron chi connectivity index (χ2n) is 6.81. The first kappa shape index (κ1) is 16.7. The number of carbonyl (C=O) groups excluding carboxylic acids is 1. The molecule has 0 aromatic carbocycles. The summed E-state index contributed by atoms with van der Waals surface area (Å²) >= 11 is 0. The molecule has 1 saturated heterocycles. The van der Waals surface area contributed by atoms with Crippen molar-refractivity contribution in [1.82, 2.24) is 19.7 Å². The van der Waals surface area contributed by atoms with Gasteiger partial charge in [-0.3, -0.25) is 19.4 Å². The molecule has 2 N–H and O–H groups in total. The van der Waals surface area contributed by atoms with E-state index in [0.29, 0.717) is 35.4 Å². The number of hydrogen-bond acceptors (Lipinski definition) is 4. The number of likely N-dealkylation sites (tertiary alicyclic amines) is 1. The van der Waals surface area contributed by atoms with E-state index in [4.69, 9.17) is 0 Å². The van der Waals surface area contributed by atoms with E-state index in [1.165, 1.54) is 0 Å². The van der Waals surface area contributed by atoms with Crippen molar-refractivity contribution in [3.05, 3.63) is 27.7 Å². The molecule has 0 aliphatic carbocycles. The van der Waals surface area contributed by atoms with Crippen LogP contribution in [0.25, 0.3) is 11.0 Å². The van der Waals surface area contributed by atoms with Crippen LogP contribution in [0, 0.1) is 12.3 Å². The van der Waals surface area contributed by atoms with Gasteiger partial charge in [0.2, 0.25) is 0 Å².